The van der Waals surface area contributed by atoms with Crippen molar-refractivity contribution in [3.63, 3.8) is 0 Å². The molecule has 0 amide bonds. The zero-order chi connectivity index (χ0) is 20.3. The highest BCUT2D eigenvalue weighted by Crippen LogP contribution is 2.59. The van der Waals surface area contributed by atoms with E-state index in [0.717, 1.165) is 37.5 Å². The van der Waals surface area contributed by atoms with Crippen LogP contribution in [0.25, 0.3) is 0 Å². The molecule has 152 valence electrons. The predicted octanol–water partition coefficient (Wildman–Crippen LogP) is 3.41. The Labute approximate surface area is 165 Å². The van der Waals surface area contributed by atoms with Crippen molar-refractivity contribution in [1.82, 2.24) is 0 Å². The van der Waals surface area contributed by atoms with Crippen LogP contribution in [-0.2, 0) is 23.9 Å². The highest BCUT2D eigenvalue weighted by atomic mass is 16.6. The molecule has 5 fully saturated rings. The van der Waals surface area contributed by atoms with Crippen molar-refractivity contribution < 1.29 is 29.0 Å². The lowest BCUT2D eigenvalue weighted by atomic mass is 9.50. The van der Waals surface area contributed by atoms with Crippen LogP contribution in [0.4, 0.5) is 0 Å². The number of hydrogen-bond donors (Lipinski definition) is 1. The molecule has 1 aliphatic heterocycles. The Hall–Kier alpha value is -2.11. The Kier molecular flexibility index (Phi) is 4.43. The SMILES string of the molecule is C=C(CC1(C(=C)C(=O)OC2(C)C3CC4CC(C3)CC2C4)CCC(=O)O1)C(=O)O. The third-order valence-corrected chi connectivity index (χ3v) is 7.71. The fourth-order valence-corrected chi connectivity index (χ4v) is 6.22. The van der Waals surface area contributed by atoms with E-state index in [9.17, 15) is 19.5 Å². The molecule has 5 rings (SSSR count). The van der Waals surface area contributed by atoms with Gasteiger partial charge in [-0.1, -0.05) is 13.2 Å². The van der Waals surface area contributed by atoms with Gasteiger partial charge in [-0.25, -0.2) is 9.59 Å². The lowest BCUT2D eigenvalue weighted by Crippen LogP contribution is -2.58. The number of carboxylic acids is 1. The molecule has 0 radical (unpaired) electrons. The number of carboxylic acid groups (broad SMARTS) is 1. The van der Waals surface area contributed by atoms with Crippen LogP contribution in [0.1, 0.15) is 58.3 Å². The van der Waals surface area contributed by atoms with Crippen molar-refractivity contribution in [2.75, 3.05) is 0 Å². The summed E-state index contributed by atoms with van der Waals surface area (Å²) in [6.07, 6.45) is 5.86. The molecule has 0 spiro atoms. The predicted molar refractivity (Wildman–Crippen MR) is 100 cm³/mol. The van der Waals surface area contributed by atoms with Gasteiger partial charge in [-0.2, -0.15) is 0 Å². The molecule has 4 bridgehead atoms. The van der Waals surface area contributed by atoms with Gasteiger partial charge in [-0.05, 0) is 62.7 Å². The maximum absolute atomic E-state index is 13.1. The molecule has 1 N–H and O–H groups in total. The first-order valence-electron chi connectivity index (χ1n) is 10.2. The van der Waals surface area contributed by atoms with Crippen molar-refractivity contribution in [3.05, 3.63) is 24.3 Å². The largest absolute Gasteiger partial charge is 0.478 e. The number of rotatable bonds is 6. The van der Waals surface area contributed by atoms with Gasteiger partial charge in [-0.3, -0.25) is 4.79 Å². The summed E-state index contributed by atoms with van der Waals surface area (Å²) >= 11 is 0. The first-order valence-corrected chi connectivity index (χ1v) is 10.2. The molecule has 4 aliphatic carbocycles. The summed E-state index contributed by atoms with van der Waals surface area (Å²) in [6, 6.07) is 0. The summed E-state index contributed by atoms with van der Waals surface area (Å²) in [5.41, 5.74) is -1.99. The fraction of sp³-hybridized carbons (Fsp3) is 0.682. The van der Waals surface area contributed by atoms with Crippen molar-refractivity contribution >= 4 is 17.9 Å². The summed E-state index contributed by atoms with van der Waals surface area (Å²) in [6.45, 7) is 9.46. The Morgan fingerprint density at radius 1 is 1.14 bits per heavy atom. The van der Waals surface area contributed by atoms with Gasteiger partial charge in [0, 0.05) is 24.8 Å². The third-order valence-electron chi connectivity index (χ3n) is 7.71. The molecule has 1 saturated heterocycles. The maximum Gasteiger partial charge on any atom is 0.338 e. The van der Waals surface area contributed by atoms with Gasteiger partial charge in [0.15, 0.2) is 0 Å². The second kappa shape index (κ2) is 6.46. The average Bonchev–Trinajstić information content (AvgIpc) is 3.00. The summed E-state index contributed by atoms with van der Waals surface area (Å²) in [5.74, 6) is -0.0162. The molecule has 1 unspecified atom stereocenters. The van der Waals surface area contributed by atoms with Crippen molar-refractivity contribution in [1.29, 1.82) is 0 Å². The number of hydrogen-bond acceptors (Lipinski definition) is 5. The fourth-order valence-electron chi connectivity index (χ4n) is 6.22. The Morgan fingerprint density at radius 3 is 2.18 bits per heavy atom. The van der Waals surface area contributed by atoms with Crippen LogP contribution >= 0.6 is 0 Å². The molecule has 6 nitrogen and oxygen atoms in total. The monoisotopic (exact) mass is 388 g/mol. The minimum Gasteiger partial charge on any atom is -0.478 e. The summed E-state index contributed by atoms with van der Waals surface area (Å²) in [5, 5.41) is 9.20. The first-order chi connectivity index (χ1) is 13.1. The van der Waals surface area contributed by atoms with Crippen LogP contribution < -0.4 is 0 Å². The van der Waals surface area contributed by atoms with Crippen molar-refractivity contribution in [2.24, 2.45) is 23.7 Å². The normalized spacial score (nSPS) is 40.8. The number of ether oxygens (including phenoxy) is 2. The molecule has 1 heterocycles. The smallest absolute Gasteiger partial charge is 0.338 e. The lowest BCUT2D eigenvalue weighted by Gasteiger charge is -2.59. The minimum atomic E-state index is -1.37. The second-order valence-corrected chi connectivity index (χ2v) is 9.41. The van der Waals surface area contributed by atoms with Crippen molar-refractivity contribution in [3.8, 4) is 0 Å². The average molecular weight is 388 g/mol. The van der Waals surface area contributed by atoms with Crippen LogP contribution in [0.3, 0.4) is 0 Å². The van der Waals surface area contributed by atoms with Crippen LogP contribution in [0.2, 0.25) is 0 Å². The number of cyclic esters (lactones) is 1. The molecular formula is C22H28O6. The summed E-state index contributed by atoms with van der Waals surface area (Å²) in [4.78, 5) is 36.2. The van der Waals surface area contributed by atoms with Crippen LogP contribution in [0.5, 0.6) is 0 Å². The van der Waals surface area contributed by atoms with Gasteiger partial charge >= 0.3 is 17.9 Å². The maximum atomic E-state index is 13.1. The molecular weight excluding hydrogens is 360 g/mol. The van der Waals surface area contributed by atoms with E-state index in [-0.39, 0.29) is 30.4 Å². The number of carbonyl (C=O) groups is 3. The molecule has 0 aromatic heterocycles. The number of esters is 2. The van der Waals surface area contributed by atoms with Gasteiger partial charge in [0.2, 0.25) is 0 Å². The summed E-state index contributed by atoms with van der Waals surface area (Å²) < 4.78 is 11.5. The van der Waals surface area contributed by atoms with E-state index in [1.54, 1.807) is 0 Å². The summed E-state index contributed by atoms with van der Waals surface area (Å²) in [7, 11) is 0. The van der Waals surface area contributed by atoms with Crippen LogP contribution in [-0.4, -0.2) is 34.2 Å². The highest BCUT2D eigenvalue weighted by Gasteiger charge is 2.58. The molecule has 4 saturated carbocycles. The number of aliphatic carboxylic acids is 1. The van der Waals surface area contributed by atoms with Gasteiger partial charge in [-0.15, -0.1) is 0 Å². The van der Waals surface area contributed by atoms with Crippen molar-refractivity contribution in [2.45, 2.75) is 69.5 Å². The van der Waals surface area contributed by atoms with E-state index in [1.165, 1.54) is 6.42 Å². The van der Waals surface area contributed by atoms with E-state index in [2.05, 4.69) is 13.2 Å². The van der Waals surface area contributed by atoms with E-state index in [4.69, 9.17) is 9.47 Å². The molecule has 1 atom stereocenters. The topological polar surface area (TPSA) is 89.9 Å². The van der Waals surface area contributed by atoms with E-state index < -0.39 is 29.1 Å². The zero-order valence-corrected chi connectivity index (χ0v) is 16.4. The van der Waals surface area contributed by atoms with Crippen LogP contribution in [0, 0.1) is 23.7 Å². The third kappa shape index (κ3) is 2.97. The Morgan fingerprint density at radius 2 is 1.71 bits per heavy atom. The van der Waals surface area contributed by atoms with Gasteiger partial charge in [0.1, 0.15) is 11.2 Å². The number of carbonyl (C=O) groups excluding carboxylic acids is 2. The molecule has 28 heavy (non-hydrogen) atoms. The van der Waals surface area contributed by atoms with Gasteiger partial charge in [0.05, 0.1) is 5.57 Å². The van der Waals surface area contributed by atoms with E-state index >= 15 is 0 Å². The molecule has 6 heteroatoms. The standard InChI is InChI=1S/C22H28O6/c1-12(19(24)25)11-22(5-4-18(23)27-22)13(2)20(26)28-21(3)16-7-14-6-15(9-16)10-17(21)8-14/h14-17H,1-2,4-11H2,3H3,(H,24,25). The molecule has 0 aromatic rings. The highest BCUT2D eigenvalue weighted by molar-refractivity contribution is 5.93. The second-order valence-electron chi connectivity index (χ2n) is 9.41. The Balaban J connectivity index is 1.53. The zero-order valence-electron chi connectivity index (χ0n) is 16.4. The quantitative estimate of drug-likeness (QED) is 0.554. The van der Waals surface area contributed by atoms with E-state index in [0.29, 0.717) is 11.8 Å². The van der Waals surface area contributed by atoms with E-state index in [1.807, 2.05) is 6.92 Å². The van der Waals surface area contributed by atoms with Gasteiger partial charge in [0.25, 0.3) is 0 Å². The van der Waals surface area contributed by atoms with Crippen LogP contribution in [0.15, 0.2) is 24.3 Å². The molecule has 5 aliphatic rings. The van der Waals surface area contributed by atoms with Gasteiger partial charge < -0.3 is 14.6 Å². The Bertz CT molecular complexity index is 737. The minimum absolute atomic E-state index is 0.0239. The first kappa shape index (κ1) is 19.2. The molecule has 0 aromatic carbocycles. The lowest BCUT2D eigenvalue weighted by molar-refractivity contribution is -0.201.